The van der Waals surface area contributed by atoms with Crippen LogP contribution in [0.2, 0.25) is 0 Å². The van der Waals surface area contributed by atoms with Gasteiger partial charge >= 0.3 is 0 Å². The van der Waals surface area contributed by atoms with Crippen LogP contribution >= 0.6 is 0 Å². The van der Waals surface area contributed by atoms with E-state index in [2.05, 4.69) is 6.92 Å². The monoisotopic (exact) mass is 270 g/mol. The number of methoxy groups -OCH3 is 1. The average Bonchev–Trinajstić information content (AvgIpc) is 2.45. The zero-order valence-corrected chi connectivity index (χ0v) is 12.2. The minimum Gasteiger partial charge on any atom is -0.381 e. The molecule has 2 rings (SSSR count). The zero-order chi connectivity index (χ0) is 13.7. The first kappa shape index (κ1) is 14.9. The Morgan fingerprint density at radius 3 is 2.74 bits per heavy atom. The van der Waals surface area contributed by atoms with Crippen LogP contribution in [0.15, 0.2) is 0 Å². The summed E-state index contributed by atoms with van der Waals surface area (Å²) in [6.45, 7) is 4.29. The van der Waals surface area contributed by atoms with E-state index < -0.39 is 0 Å². The van der Waals surface area contributed by atoms with Crippen molar-refractivity contribution in [2.75, 3.05) is 26.9 Å². The van der Waals surface area contributed by atoms with E-state index in [1.807, 2.05) is 0 Å². The lowest BCUT2D eigenvalue weighted by Gasteiger charge is -2.43. The maximum Gasteiger partial charge on any atom is 0.164 e. The van der Waals surface area contributed by atoms with Gasteiger partial charge in [-0.1, -0.05) is 13.3 Å². The van der Waals surface area contributed by atoms with E-state index in [4.69, 9.17) is 14.2 Å². The van der Waals surface area contributed by atoms with Crippen LogP contribution in [0.3, 0.4) is 0 Å². The molecular weight excluding hydrogens is 244 g/mol. The van der Waals surface area contributed by atoms with Crippen LogP contribution in [0.1, 0.15) is 45.4 Å². The molecule has 2 heterocycles. The first-order valence-electron chi connectivity index (χ1n) is 7.49. The lowest BCUT2D eigenvalue weighted by molar-refractivity contribution is -0.162. The largest absolute Gasteiger partial charge is 0.381 e. The van der Waals surface area contributed by atoms with Gasteiger partial charge in [-0.25, -0.2) is 0 Å². The Balaban J connectivity index is 1.97. The number of Topliss-reactive ketones (excluding diaryl/α,β-unsaturated/α-hetero) is 1. The van der Waals surface area contributed by atoms with Gasteiger partial charge in [0.25, 0.3) is 0 Å². The summed E-state index contributed by atoms with van der Waals surface area (Å²) in [4.78, 5) is 12.5. The Hall–Kier alpha value is -0.450. The van der Waals surface area contributed by atoms with Gasteiger partial charge in [0.15, 0.2) is 5.78 Å². The summed E-state index contributed by atoms with van der Waals surface area (Å²) < 4.78 is 16.8. The number of carbonyl (C=O) groups is 1. The minimum atomic E-state index is -0.231. The van der Waals surface area contributed by atoms with Crippen molar-refractivity contribution in [1.29, 1.82) is 0 Å². The maximum atomic E-state index is 12.5. The summed E-state index contributed by atoms with van der Waals surface area (Å²) in [5, 5.41) is 0. The van der Waals surface area contributed by atoms with Gasteiger partial charge in [-0.3, -0.25) is 4.79 Å². The molecule has 2 unspecified atom stereocenters. The fourth-order valence-corrected chi connectivity index (χ4v) is 3.26. The molecular formula is C15H26O4. The molecule has 4 nitrogen and oxygen atoms in total. The number of hydrogen-bond donors (Lipinski definition) is 0. The second-order valence-corrected chi connectivity index (χ2v) is 5.75. The molecule has 19 heavy (non-hydrogen) atoms. The van der Waals surface area contributed by atoms with Gasteiger partial charge in [0.1, 0.15) is 6.10 Å². The van der Waals surface area contributed by atoms with Crippen molar-refractivity contribution in [1.82, 2.24) is 0 Å². The SMILES string of the molecule is CCCC(OC)C(=O)C1CCOC2(CCOCC2)C1. The van der Waals surface area contributed by atoms with Crippen molar-refractivity contribution in [3.63, 3.8) is 0 Å². The molecule has 0 aliphatic carbocycles. The van der Waals surface area contributed by atoms with E-state index in [1.165, 1.54) is 0 Å². The van der Waals surface area contributed by atoms with Gasteiger partial charge in [0.2, 0.25) is 0 Å². The van der Waals surface area contributed by atoms with Crippen LogP contribution in [0, 0.1) is 5.92 Å². The van der Waals surface area contributed by atoms with Crippen LogP contribution in [0.25, 0.3) is 0 Å². The van der Waals surface area contributed by atoms with Crippen molar-refractivity contribution in [3.05, 3.63) is 0 Å². The minimum absolute atomic E-state index is 0.100. The van der Waals surface area contributed by atoms with Crippen LogP contribution in [-0.2, 0) is 19.0 Å². The number of ether oxygens (including phenoxy) is 3. The summed E-state index contributed by atoms with van der Waals surface area (Å²) in [6.07, 6.45) is 5.09. The van der Waals surface area contributed by atoms with Crippen LogP contribution in [-0.4, -0.2) is 44.4 Å². The molecule has 0 amide bonds. The van der Waals surface area contributed by atoms with Gasteiger partial charge in [-0.15, -0.1) is 0 Å². The summed E-state index contributed by atoms with van der Waals surface area (Å²) in [5.74, 6) is 0.377. The molecule has 2 aliphatic rings. The van der Waals surface area contributed by atoms with Crippen molar-refractivity contribution >= 4 is 5.78 Å². The van der Waals surface area contributed by atoms with Crippen molar-refractivity contribution in [3.8, 4) is 0 Å². The quantitative estimate of drug-likeness (QED) is 0.769. The molecule has 2 saturated heterocycles. The number of carbonyl (C=O) groups excluding carboxylic acids is 1. The van der Waals surface area contributed by atoms with Gasteiger partial charge < -0.3 is 14.2 Å². The number of ketones is 1. The zero-order valence-electron chi connectivity index (χ0n) is 12.2. The first-order chi connectivity index (χ1) is 9.21. The molecule has 4 heteroatoms. The predicted molar refractivity (Wildman–Crippen MR) is 72.2 cm³/mol. The second kappa shape index (κ2) is 6.82. The van der Waals surface area contributed by atoms with Gasteiger partial charge in [-0.2, -0.15) is 0 Å². The van der Waals surface area contributed by atoms with Gasteiger partial charge in [-0.05, 0) is 32.1 Å². The summed E-state index contributed by atoms with van der Waals surface area (Å²) in [5.41, 5.74) is -0.110. The highest BCUT2D eigenvalue weighted by atomic mass is 16.5. The van der Waals surface area contributed by atoms with Crippen LogP contribution in [0.5, 0.6) is 0 Å². The molecule has 1 spiro atoms. The number of rotatable bonds is 5. The highest BCUT2D eigenvalue weighted by molar-refractivity contribution is 5.85. The molecule has 2 aliphatic heterocycles. The summed E-state index contributed by atoms with van der Waals surface area (Å²) >= 11 is 0. The third kappa shape index (κ3) is 3.56. The highest BCUT2D eigenvalue weighted by Gasteiger charge is 2.42. The lowest BCUT2D eigenvalue weighted by atomic mass is 9.78. The molecule has 0 saturated carbocycles. The molecule has 0 radical (unpaired) electrons. The van der Waals surface area contributed by atoms with E-state index in [9.17, 15) is 4.79 Å². The first-order valence-corrected chi connectivity index (χ1v) is 7.49. The summed E-state index contributed by atoms with van der Waals surface area (Å²) in [6, 6.07) is 0. The van der Waals surface area contributed by atoms with E-state index in [0.717, 1.165) is 51.7 Å². The van der Waals surface area contributed by atoms with Crippen molar-refractivity contribution in [2.24, 2.45) is 5.92 Å². The topological polar surface area (TPSA) is 44.8 Å². The average molecular weight is 270 g/mol. The van der Waals surface area contributed by atoms with E-state index in [-0.39, 0.29) is 23.4 Å². The third-order valence-electron chi connectivity index (χ3n) is 4.45. The molecule has 110 valence electrons. The van der Waals surface area contributed by atoms with E-state index >= 15 is 0 Å². The summed E-state index contributed by atoms with van der Waals surface area (Å²) in [7, 11) is 1.64. The molecule has 0 bridgehead atoms. The van der Waals surface area contributed by atoms with E-state index in [1.54, 1.807) is 7.11 Å². The smallest absolute Gasteiger partial charge is 0.164 e. The Morgan fingerprint density at radius 1 is 1.37 bits per heavy atom. The predicted octanol–water partition coefficient (Wildman–Crippen LogP) is 2.35. The number of hydrogen-bond acceptors (Lipinski definition) is 4. The standard InChI is InChI=1S/C15H26O4/c1-3-4-13(17-2)14(16)12-5-8-19-15(11-12)6-9-18-10-7-15/h12-13H,3-11H2,1-2H3. The Bertz CT molecular complexity index is 291. The molecule has 0 N–H and O–H groups in total. The van der Waals surface area contributed by atoms with Crippen LogP contribution < -0.4 is 0 Å². The molecule has 2 fully saturated rings. The molecule has 2 atom stereocenters. The molecule has 0 aromatic heterocycles. The fraction of sp³-hybridized carbons (Fsp3) is 0.933. The third-order valence-corrected chi connectivity index (χ3v) is 4.45. The van der Waals surface area contributed by atoms with Gasteiger partial charge in [0, 0.05) is 32.8 Å². The maximum absolute atomic E-state index is 12.5. The normalized spacial score (nSPS) is 28.2. The van der Waals surface area contributed by atoms with E-state index in [0.29, 0.717) is 6.61 Å². The van der Waals surface area contributed by atoms with Gasteiger partial charge in [0.05, 0.1) is 5.60 Å². The fourth-order valence-electron chi connectivity index (χ4n) is 3.26. The second-order valence-electron chi connectivity index (χ2n) is 5.75. The van der Waals surface area contributed by atoms with Crippen molar-refractivity contribution in [2.45, 2.75) is 57.2 Å². The lowest BCUT2D eigenvalue weighted by Crippen LogP contribution is -2.47. The molecule has 0 aromatic rings. The van der Waals surface area contributed by atoms with Crippen molar-refractivity contribution < 1.29 is 19.0 Å². The highest BCUT2D eigenvalue weighted by Crippen LogP contribution is 2.38. The Labute approximate surface area is 115 Å². The van der Waals surface area contributed by atoms with Crippen LogP contribution in [0.4, 0.5) is 0 Å². The molecule has 0 aromatic carbocycles. The Kier molecular flexibility index (Phi) is 5.37. The Morgan fingerprint density at radius 2 is 2.11 bits per heavy atom.